The highest BCUT2D eigenvalue weighted by Gasteiger charge is 2.17. The van der Waals surface area contributed by atoms with Gasteiger partial charge in [-0.15, -0.1) is 0 Å². The molecule has 0 saturated carbocycles. The fourth-order valence-electron chi connectivity index (χ4n) is 1.38. The molecule has 2 N–H and O–H groups in total. The third kappa shape index (κ3) is 1.96. The van der Waals surface area contributed by atoms with Crippen molar-refractivity contribution in [1.82, 2.24) is 10.6 Å². The maximum Gasteiger partial charge on any atom is 0.0166 e. The van der Waals surface area contributed by atoms with E-state index in [4.69, 9.17) is 0 Å². The average molecular weight is 142 g/mol. The summed E-state index contributed by atoms with van der Waals surface area (Å²) in [5, 5.41) is 6.94. The molecular formula is C8H18N2. The summed E-state index contributed by atoms with van der Waals surface area (Å²) >= 11 is 0. The van der Waals surface area contributed by atoms with Crippen LogP contribution >= 0.6 is 0 Å². The van der Waals surface area contributed by atoms with Crippen LogP contribution in [0.2, 0.25) is 0 Å². The molecule has 0 radical (unpaired) electrons. The lowest BCUT2D eigenvalue weighted by atomic mass is 10.0. The second-order valence-corrected chi connectivity index (χ2v) is 3.49. The molecule has 2 nitrogen and oxygen atoms in total. The first kappa shape index (κ1) is 8.02. The fraction of sp³-hybridized carbons (Fsp3) is 1.00. The molecule has 0 aromatic rings. The van der Waals surface area contributed by atoms with Gasteiger partial charge in [0.05, 0.1) is 0 Å². The fourth-order valence-corrected chi connectivity index (χ4v) is 1.38. The molecule has 1 aliphatic heterocycles. The van der Waals surface area contributed by atoms with Crippen molar-refractivity contribution >= 4 is 0 Å². The molecule has 2 heteroatoms. The summed E-state index contributed by atoms with van der Waals surface area (Å²) in [6, 6.07) is 1.28. The molecule has 0 amide bonds. The van der Waals surface area contributed by atoms with E-state index in [9.17, 15) is 0 Å². The van der Waals surface area contributed by atoms with Crippen molar-refractivity contribution in [3.8, 4) is 0 Å². The SMILES string of the molecule is CC1CNCC(C)C(C)N1. The molecule has 1 saturated heterocycles. The Morgan fingerprint density at radius 1 is 1.10 bits per heavy atom. The van der Waals surface area contributed by atoms with Crippen LogP contribution in [0.15, 0.2) is 0 Å². The Morgan fingerprint density at radius 3 is 2.50 bits per heavy atom. The second kappa shape index (κ2) is 3.35. The van der Waals surface area contributed by atoms with Gasteiger partial charge in [0.1, 0.15) is 0 Å². The van der Waals surface area contributed by atoms with Crippen LogP contribution in [0, 0.1) is 5.92 Å². The van der Waals surface area contributed by atoms with E-state index >= 15 is 0 Å². The number of nitrogens with one attached hydrogen (secondary N) is 2. The predicted octanol–water partition coefficient (Wildman–Crippen LogP) is 0.592. The van der Waals surface area contributed by atoms with Crippen LogP contribution in [-0.2, 0) is 0 Å². The summed E-state index contributed by atoms with van der Waals surface area (Å²) in [6.45, 7) is 9.02. The van der Waals surface area contributed by atoms with Gasteiger partial charge in [-0.3, -0.25) is 0 Å². The first-order valence-corrected chi connectivity index (χ1v) is 4.17. The molecule has 0 aliphatic carbocycles. The summed E-state index contributed by atoms with van der Waals surface area (Å²) in [5.74, 6) is 0.755. The lowest BCUT2D eigenvalue weighted by molar-refractivity contribution is 0.407. The number of rotatable bonds is 0. The van der Waals surface area contributed by atoms with Crippen LogP contribution in [0.25, 0.3) is 0 Å². The molecular weight excluding hydrogens is 124 g/mol. The number of hydrogen-bond donors (Lipinski definition) is 2. The molecule has 3 atom stereocenters. The van der Waals surface area contributed by atoms with E-state index in [1.807, 2.05) is 0 Å². The Morgan fingerprint density at radius 2 is 1.80 bits per heavy atom. The molecule has 60 valence electrons. The third-order valence-corrected chi connectivity index (χ3v) is 2.32. The van der Waals surface area contributed by atoms with Gasteiger partial charge in [-0.1, -0.05) is 6.92 Å². The van der Waals surface area contributed by atoms with E-state index in [2.05, 4.69) is 31.4 Å². The highest BCUT2D eigenvalue weighted by molar-refractivity contribution is 4.79. The first-order chi connectivity index (χ1) is 4.70. The van der Waals surface area contributed by atoms with Gasteiger partial charge in [-0.2, -0.15) is 0 Å². The van der Waals surface area contributed by atoms with Gasteiger partial charge in [-0.25, -0.2) is 0 Å². The van der Waals surface area contributed by atoms with E-state index in [0.29, 0.717) is 12.1 Å². The highest BCUT2D eigenvalue weighted by Crippen LogP contribution is 2.04. The van der Waals surface area contributed by atoms with Crippen molar-refractivity contribution in [1.29, 1.82) is 0 Å². The van der Waals surface area contributed by atoms with Crippen molar-refractivity contribution in [3.63, 3.8) is 0 Å². The normalized spacial score (nSPS) is 42.9. The second-order valence-electron chi connectivity index (χ2n) is 3.49. The van der Waals surface area contributed by atoms with Crippen molar-refractivity contribution < 1.29 is 0 Å². The standard InChI is InChI=1S/C8H18N2/c1-6-4-9-5-7(2)10-8(6)3/h6-10H,4-5H2,1-3H3. The van der Waals surface area contributed by atoms with E-state index in [1.165, 1.54) is 0 Å². The molecule has 10 heavy (non-hydrogen) atoms. The predicted molar refractivity (Wildman–Crippen MR) is 44.1 cm³/mol. The zero-order valence-corrected chi connectivity index (χ0v) is 7.15. The Kier molecular flexibility index (Phi) is 2.69. The highest BCUT2D eigenvalue weighted by atomic mass is 15.0. The largest absolute Gasteiger partial charge is 0.315 e. The Hall–Kier alpha value is -0.0800. The summed E-state index contributed by atoms with van der Waals surface area (Å²) < 4.78 is 0. The van der Waals surface area contributed by atoms with Gasteiger partial charge in [0, 0.05) is 18.6 Å². The van der Waals surface area contributed by atoms with Crippen LogP contribution in [-0.4, -0.2) is 25.2 Å². The zero-order valence-electron chi connectivity index (χ0n) is 7.15. The van der Waals surface area contributed by atoms with Gasteiger partial charge >= 0.3 is 0 Å². The average Bonchev–Trinajstić information content (AvgIpc) is 1.96. The van der Waals surface area contributed by atoms with Gasteiger partial charge < -0.3 is 10.6 Å². The smallest absolute Gasteiger partial charge is 0.0166 e. The van der Waals surface area contributed by atoms with Crippen LogP contribution in [0.5, 0.6) is 0 Å². The van der Waals surface area contributed by atoms with Crippen molar-refractivity contribution in [2.75, 3.05) is 13.1 Å². The van der Waals surface area contributed by atoms with Crippen molar-refractivity contribution in [3.05, 3.63) is 0 Å². The minimum absolute atomic E-state index is 0.625. The molecule has 1 rings (SSSR count). The minimum atomic E-state index is 0.625. The lowest BCUT2D eigenvalue weighted by Gasteiger charge is -2.18. The van der Waals surface area contributed by atoms with Crippen LogP contribution in [0.3, 0.4) is 0 Å². The zero-order chi connectivity index (χ0) is 7.56. The van der Waals surface area contributed by atoms with Crippen LogP contribution in [0.4, 0.5) is 0 Å². The summed E-state index contributed by atoms with van der Waals surface area (Å²) in [4.78, 5) is 0. The summed E-state index contributed by atoms with van der Waals surface area (Å²) in [7, 11) is 0. The molecule has 0 spiro atoms. The molecule has 0 aromatic heterocycles. The third-order valence-electron chi connectivity index (χ3n) is 2.32. The molecule has 0 aromatic carbocycles. The van der Waals surface area contributed by atoms with Gasteiger partial charge in [-0.05, 0) is 26.3 Å². The van der Waals surface area contributed by atoms with Crippen LogP contribution < -0.4 is 10.6 Å². The Bertz CT molecular complexity index is 103. The Labute approximate surface area is 63.4 Å². The molecule has 1 heterocycles. The first-order valence-electron chi connectivity index (χ1n) is 4.17. The van der Waals surface area contributed by atoms with Crippen molar-refractivity contribution in [2.24, 2.45) is 5.92 Å². The maximum absolute atomic E-state index is 3.53. The number of hydrogen-bond acceptors (Lipinski definition) is 2. The van der Waals surface area contributed by atoms with E-state index in [0.717, 1.165) is 19.0 Å². The molecule has 1 aliphatic rings. The van der Waals surface area contributed by atoms with Gasteiger partial charge in [0.2, 0.25) is 0 Å². The molecule has 3 unspecified atom stereocenters. The monoisotopic (exact) mass is 142 g/mol. The van der Waals surface area contributed by atoms with Gasteiger partial charge in [0.15, 0.2) is 0 Å². The summed E-state index contributed by atoms with van der Waals surface area (Å²) in [5.41, 5.74) is 0. The summed E-state index contributed by atoms with van der Waals surface area (Å²) in [6.07, 6.45) is 0. The molecule has 1 fully saturated rings. The minimum Gasteiger partial charge on any atom is -0.315 e. The topological polar surface area (TPSA) is 24.1 Å². The van der Waals surface area contributed by atoms with Crippen LogP contribution in [0.1, 0.15) is 20.8 Å². The molecule has 0 bridgehead atoms. The van der Waals surface area contributed by atoms with Gasteiger partial charge in [0.25, 0.3) is 0 Å². The van der Waals surface area contributed by atoms with E-state index in [1.54, 1.807) is 0 Å². The maximum atomic E-state index is 3.53. The quantitative estimate of drug-likeness (QED) is 0.517. The van der Waals surface area contributed by atoms with Crippen molar-refractivity contribution in [2.45, 2.75) is 32.9 Å². The Balaban J connectivity index is 2.41. The van der Waals surface area contributed by atoms with E-state index in [-0.39, 0.29) is 0 Å². The lowest BCUT2D eigenvalue weighted by Crippen LogP contribution is -2.38. The van der Waals surface area contributed by atoms with E-state index < -0.39 is 0 Å².